The molecular formula is C28H23N5O13S4. The Morgan fingerprint density at radius 2 is 1.18 bits per heavy atom. The van der Waals surface area contributed by atoms with E-state index in [2.05, 4.69) is 20.5 Å². The van der Waals surface area contributed by atoms with E-state index >= 15 is 0 Å². The van der Waals surface area contributed by atoms with Gasteiger partial charge in [0.25, 0.3) is 40.5 Å². The zero-order valence-electron chi connectivity index (χ0n) is 25.3. The first-order valence-electron chi connectivity index (χ1n) is 13.4. The van der Waals surface area contributed by atoms with Crippen LogP contribution in [0.3, 0.4) is 0 Å². The fraction of sp³-hybridized carbons (Fsp3) is 0.0714. The molecule has 50 heavy (non-hydrogen) atoms. The van der Waals surface area contributed by atoms with Crippen LogP contribution in [0.1, 0.15) is 5.56 Å². The first kappa shape index (κ1) is 36.3. The van der Waals surface area contributed by atoms with Crippen molar-refractivity contribution in [3.63, 3.8) is 0 Å². The zero-order chi connectivity index (χ0) is 37.0. The van der Waals surface area contributed by atoms with Crippen LogP contribution in [-0.4, -0.2) is 59.0 Å². The first-order chi connectivity index (χ1) is 23.1. The van der Waals surface area contributed by atoms with Crippen LogP contribution in [0.2, 0.25) is 0 Å². The molecule has 22 heteroatoms. The fourth-order valence-electron chi connectivity index (χ4n) is 4.88. The average Bonchev–Trinajstić information content (AvgIpc) is 3.01. The van der Waals surface area contributed by atoms with Crippen molar-refractivity contribution < 1.29 is 56.6 Å². The van der Waals surface area contributed by atoms with Gasteiger partial charge in [-0.2, -0.15) is 38.8 Å². The van der Waals surface area contributed by atoms with Gasteiger partial charge < -0.3 is 10.5 Å². The number of nitrogen functional groups attached to an aromatic ring is 1. The van der Waals surface area contributed by atoms with Crippen molar-refractivity contribution in [2.45, 2.75) is 26.5 Å². The second kappa shape index (κ2) is 12.7. The summed E-state index contributed by atoms with van der Waals surface area (Å²) in [5, 5.41) is 15.7. The van der Waals surface area contributed by atoms with Crippen molar-refractivity contribution in [1.29, 1.82) is 0 Å². The summed E-state index contributed by atoms with van der Waals surface area (Å²) in [7, 11) is -18.6. The topological polar surface area (TPSA) is 302 Å². The summed E-state index contributed by atoms with van der Waals surface area (Å²) in [5.74, 6) is 0.0755. The van der Waals surface area contributed by atoms with E-state index in [0.717, 1.165) is 12.1 Å². The van der Waals surface area contributed by atoms with Crippen molar-refractivity contribution in [2.75, 3.05) is 12.8 Å². The molecule has 0 amide bonds. The van der Waals surface area contributed by atoms with Crippen LogP contribution in [0, 0.1) is 6.92 Å². The van der Waals surface area contributed by atoms with E-state index in [9.17, 15) is 51.9 Å². The molecule has 18 nitrogen and oxygen atoms in total. The molecule has 0 aliphatic carbocycles. The highest BCUT2D eigenvalue weighted by molar-refractivity contribution is 7.87. The highest BCUT2D eigenvalue weighted by Crippen LogP contribution is 2.40. The van der Waals surface area contributed by atoms with Gasteiger partial charge >= 0.3 is 0 Å². The Kier molecular flexibility index (Phi) is 9.26. The van der Waals surface area contributed by atoms with Gasteiger partial charge in [-0.1, -0.05) is 12.1 Å². The third kappa shape index (κ3) is 7.31. The number of nitrogens with two attached hydrogens (primary N) is 1. The molecule has 0 saturated carbocycles. The second-order valence-corrected chi connectivity index (χ2v) is 16.0. The molecule has 0 aliphatic rings. The molecule has 262 valence electrons. The highest BCUT2D eigenvalue weighted by atomic mass is 32.2. The Morgan fingerprint density at radius 1 is 0.580 bits per heavy atom. The molecule has 0 aromatic heterocycles. The van der Waals surface area contributed by atoms with Gasteiger partial charge in [-0.05, 0) is 66.4 Å². The average molecular weight is 766 g/mol. The van der Waals surface area contributed by atoms with Crippen molar-refractivity contribution in [3.8, 4) is 5.75 Å². The molecule has 5 aromatic carbocycles. The van der Waals surface area contributed by atoms with Crippen LogP contribution < -0.4 is 10.5 Å². The monoisotopic (exact) mass is 765 g/mol. The molecule has 0 radical (unpaired) electrons. The summed E-state index contributed by atoms with van der Waals surface area (Å²) in [5.41, 5.74) is 6.20. The van der Waals surface area contributed by atoms with Crippen molar-refractivity contribution in [2.24, 2.45) is 20.5 Å². The smallest absolute Gasteiger partial charge is 0.296 e. The number of hydrogen-bond acceptors (Lipinski definition) is 14. The fourth-order valence-corrected chi connectivity index (χ4v) is 7.60. The molecule has 0 heterocycles. The number of nitrogens with zero attached hydrogens (tertiary/aromatic N) is 4. The summed E-state index contributed by atoms with van der Waals surface area (Å²) < 4.78 is 140. The molecule has 0 fully saturated rings. The van der Waals surface area contributed by atoms with E-state index in [4.69, 9.17) is 10.5 Å². The summed E-state index contributed by atoms with van der Waals surface area (Å²) in [6.07, 6.45) is 0. The maximum atomic E-state index is 12.3. The molecule has 0 aliphatic heterocycles. The van der Waals surface area contributed by atoms with Crippen LogP contribution in [-0.2, 0) is 40.5 Å². The Bertz CT molecular complexity index is 2770. The Hall–Kier alpha value is -4.94. The molecule has 0 atom stereocenters. The normalized spacial score (nSPS) is 13.2. The standard InChI is InChI=1S/C28H23N5O13S4/c1-14-8-22(32-30-20-7-6-19(29)28-17(20)4-3-5-25(28)48(37,38)39)24(46-2)13-21(14)31-33-23-12-18-15(10-27(23)50(43,44)45)9-16(47(34,35)36)11-26(18)49(40,41)42/h3-13H,29H2,1-2H3,(H,34,35,36)(H,37,38,39)(H,40,41,42)(H,43,44,45). The maximum absolute atomic E-state index is 12.3. The molecule has 5 rings (SSSR count). The third-order valence-electron chi connectivity index (χ3n) is 7.14. The van der Waals surface area contributed by atoms with Crippen LogP contribution in [0.4, 0.5) is 28.4 Å². The molecule has 0 bridgehead atoms. The van der Waals surface area contributed by atoms with Crippen LogP contribution in [0.15, 0.2) is 107 Å². The number of anilines is 1. The highest BCUT2D eigenvalue weighted by Gasteiger charge is 2.25. The van der Waals surface area contributed by atoms with Crippen molar-refractivity contribution >= 4 is 90.5 Å². The van der Waals surface area contributed by atoms with E-state index in [1.54, 1.807) is 6.92 Å². The molecule has 6 N–H and O–H groups in total. The summed E-state index contributed by atoms with van der Waals surface area (Å²) in [4.78, 5) is -3.35. The van der Waals surface area contributed by atoms with Crippen LogP contribution in [0.25, 0.3) is 21.5 Å². The molecule has 0 spiro atoms. The first-order valence-corrected chi connectivity index (χ1v) is 19.2. The van der Waals surface area contributed by atoms with E-state index in [-0.39, 0.29) is 39.3 Å². The number of benzene rings is 5. The van der Waals surface area contributed by atoms with Crippen molar-refractivity contribution in [1.82, 2.24) is 0 Å². The minimum absolute atomic E-state index is 0.0332. The molecule has 0 saturated heterocycles. The summed E-state index contributed by atoms with van der Waals surface area (Å²) in [6.45, 7) is 1.56. The lowest BCUT2D eigenvalue weighted by Gasteiger charge is -2.11. The van der Waals surface area contributed by atoms with Crippen LogP contribution >= 0.6 is 0 Å². The van der Waals surface area contributed by atoms with Gasteiger partial charge in [-0.25, -0.2) is 0 Å². The lowest BCUT2D eigenvalue weighted by molar-refractivity contribution is 0.416. The molecule has 0 unspecified atom stereocenters. The number of rotatable bonds is 9. The lowest BCUT2D eigenvalue weighted by Crippen LogP contribution is -2.05. The van der Waals surface area contributed by atoms with Gasteiger partial charge in [0.05, 0.1) is 23.4 Å². The predicted octanol–water partition coefficient (Wildman–Crippen LogP) is 5.71. The SMILES string of the molecule is COc1cc(N=Nc2cc3c(S(=O)(=O)O)cc(S(=O)(=O)O)cc3cc2S(=O)(=O)O)c(C)cc1N=Nc1ccc(N)c2c(S(=O)(=O)O)cccc12. The van der Waals surface area contributed by atoms with Gasteiger partial charge in [0.15, 0.2) is 0 Å². The number of azo groups is 2. The van der Waals surface area contributed by atoms with Gasteiger partial charge in [-0.3, -0.25) is 18.2 Å². The number of methoxy groups -OCH3 is 1. The van der Waals surface area contributed by atoms with Gasteiger partial charge in [0.1, 0.15) is 31.8 Å². The van der Waals surface area contributed by atoms with Crippen LogP contribution in [0.5, 0.6) is 5.75 Å². The largest absolute Gasteiger partial charge is 0.494 e. The Morgan fingerprint density at radius 3 is 1.78 bits per heavy atom. The zero-order valence-corrected chi connectivity index (χ0v) is 28.6. The summed E-state index contributed by atoms with van der Waals surface area (Å²) >= 11 is 0. The van der Waals surface area contributed by atoms with E-state index in [1.165, 1.54) is 49.6 Å². The van der Waals surface area contributed by atoms with E-state index in [0.29, 0.717) is 17.7 Å². The maximum Gasteiger partial charge on any atom is 0.296 e. The minimum atomic E-state index is -5.15. The molecular weight excluding hydrogens is 743 g/mol. The van der Waals surface area contributed by atoms with Gasteiger partial charge in [0, 0.05) is 27.9 Å². The van der Waals surface area contributed by atoms with Gasteiger partial charge in [0.2, 0.25) is 0 Å². The third-order valence-corrected chi connectivity index (χ3v) is 10.6. The Labute approximate surface area is 284 Å². The van der Waals surface area contributed by atoms with Crippen molar-refractivity contribution in [3.05, 3.63) is 72.3 Å². The minimum Gasteiger partial charge on any atom is -0.494 e. The number of fused-ring (bicyclic) bond motifs is 2. The number of aryl methyl sites for hydroxylation is 1. The van der Waals surface area contributed by atoms with Gasteiger partial charge in [-0.15, -0.1) is 15.3 Å². The summed E-state index contributed by atoms with van der Waals surface area (Å²) in [6, 6.07) is 12.4. The second-order valence-electron chi connectivity index (χ2n) is 10.4. The van der Waals surface area contributed by atoms with E-state index in [1.807, 2.05) is 0 Å². The molecule has 5 aromatic rings. The lowest BCUT2D eigenvalue weighted by atomic mass is 10.1. The van der Waals surface area contributed by atoms with E-state index < -0.39 is 76.5 Å². The predicted molar refractivity (Wildman–Crippen MR) is 178 cm³/mol. The quantitative estimate of drug-likeness (QED) is 0.0682. The Balaban J connectivity index is 1.61. The number of ether oxygens (including phenoxy) is 1. The number of hydrogen-bond donors (Lipinski definition) is 5.